The number of hydrogen-bond donors (Lipinski definition) is 2. The van der Waals surface area contributed by atoms with Crippen molar-refractivity contribution in [3.05, 3.63) is 59.9 Å². The van der Waals surface area contributed by atoms with Crippen LogP contribution in [0.4, 0.5) is 28.7 Å². The number of anilines is 5. The van der Waals surface area contributed by atoms with E-state index in [2.05, 4.69) is 42.8 Å². The molecule has 4 bridgehead atoms. The summed E-state index contributed by atoms with van der Waals surface area (Å²) < 4.78 is 13.5. The largest absolute Gasteiger partial charge is 0.369 e. The Kier molecular flexibility index (Phi) is 5.94. The first-order valence-corrected chi connectivity index (χ1v) is 13.8. The minimum atomic E-state index is -2.47. The van der Waals surface area contributed by atoms with Gasteiger partial charge in [-0.1, -0.05) is 37.6 Å². The minimum absolute atomic E-state index is 0.298. The van der Waals surface area contributed by atoms with E-state index in [0.717, 1.165) is 36.3 Å². The molecule has 1 atom stereocenters. The van der Waals surface area contributed by atoms with Gasteiger partial charge in [0.05, 0.1) is 22.9 Å². The van der Waals surface area contributed by atoms with Crippen molar-refractivity contribution < 1.29 is 4.57 Å². The number of halogens is 1. The molecule has 2 aliphatic rings. The first kappa shape index (κ1) is 22.1. The zero-order chi connectivity index (χ0) is 23.0. The summed E-state index contributed by atoms with van der Waals surface area (Å²) in [6, 6.07) is 14.1. The molecule has 7 nitrogen and oxygen atoms in total. The van der Waals surface area contributed by atoms with E-state index in [0.29, 0.717) is 34.9 Å². The number of rotatable bonds is 7. The Morgan fingerprint density at radius 1 is 1.12 bits per heavy atom. The van der Waals surface area contributed by atoms with E-state index in [1.54, 1.807) is 6.20 Å². The van der Waals surface area contributed by atoms with Crippen LogP contribution in [-0.2, 0) is 4.57 Å². The fourth-order valence-corrected chi connectivity index (χ4v) is 6.83. The van der Waals surface area contributed by atoms with Gasteiger partial charge in [-0.25, -0.2) is 9.97 Å². The Morgan fingerprint density at radius 3 is 2.76 bits per heavy atom. The van der Waals surface area contributed by atoms with Gasteiger partial charge in [0.15, 0.2) is 0 Å². The van der Waals surface area contributed by atoms with Crippen LogP contribution in [0, 0.1) is 0 Å². The predicted octanol–water partition coefficient (Wildman–Crippen LogP) is 5.33. The van der Waals surface area contributed by atoms with Crippen molar-refractivity contribution in [2.45, 2.75) is 26.3 Å². The molecule has 172 valence electrons. The Hall–Kier alpha value is -2.76. The molecule has 1 unspecified atom stereocenters. The lowest BCUT2D eigenvalue weighted by Gasteiger charge is -2.29. The summed E-state index contributed by atoms with van der Waals surface area (Å²) >= 11 is 6.51. The summed E-state index contributed by atoms with van der Waals surface area (Å²) in [5.74, 6) is 1.55. The van der Waals surface area contributed by atoms with E-state index >= 15 is 0 Å². The molecule has 1 saturated heterocycles. The van der Waals surface area contributed by atoms with Gasteiger partial charge in [0.25, 0.3) is 0 Å². The van der Waals surface area contributed by atoms with Crippen LogP contribution in [-0.4, -0.2) is 41.4 Å². The summed E-state index contributed by atoms with van der Waals surface area (Å²) in [7, 11) is -2.47. The molecule has 0 radical (unpaired) electrons. The Labute approximate surface area is 199 Å². The SMILES string of the molecule is CCP(=O)(CC)c1ccccc1Nc1cc(NN2c3cc(ccn3)N3CCC2C3)ncc1Cl. The molecule has 2 aromatic heterocycles. The van der Waals surface area contributed by atoms with E-state index < -0.39 is 7.14 Å². The van der Waals surface area contributed by atoms with E-state index in [1.165, 1.54) is 5.69 Å². The van der Waals surface area contributed by atoms with Gasteiger partial charge < -0.3 is 14.8 Å². The average molecular weight is 483 g/mol. The Morgan fingerprint density at radius 2 is 1.94 bits per heavy atom. The van der Waals surface area contributed by atoms with Crippen LogP contribution in [0.3, 0.4) is 0 Å². The fraction of sp³-hybridized carbons (Fsp3) is 0.333. The lowest BCUT2D eigenvalue weighted by molar-refractivity contribution is 0.582. The summed E-state index contributed by atoms with van der Waals surface area (Å²) in [6.07, 6.45) is 5.78. The zero-order valence-corrected chi connectivity index (χ0v) is 20.5. The lowest BCUT2D eigenvalue weighted by Crippen LogP contribution is -2.41. The molecule has 5 rings (SSSR count). The van der Waals surface area contributed by atoms with Crippen molar-refractivity contribution in [1.29, 1.82) is 0 Å². The number of hydrazine groups is 1. The molecule has 0 aliphatic carbocycles. The third-order valence-electron chi connectivity index (χ3n) is 6.59. The predicted molar refractivity (Wildman–Crippen MR) is 138 cm³/mol. The normalized spacial score (nSPS) is 17.1. The number of benzene rings is 1. The number of hydrogen-bond acceptors (Lipinski definition) is 7. The van der Waals surface area contributed by atoms with E-state index in [1.807, 2.05) is 50.4 Å². The second-order valence-electron chi connectivity index (χ2n) is 8.46. The number of aromatic nitrogens is 2. The van der Waals surface area contributed by atoms with Gasteiger partial charge in [0, 0.05) is 60.4 Å². The number of nitrogens with one attached hydrogen (secondary N) is 2. The van der Waals surface area contributed by atoms with Crippen molar-refractivity contribution in [2.24, 2.45) is 0 Å². The highest BCUT2D eigenvalue weighted by Gasteiger charge is 2.33. The van der Waals surface area contributed by atoms with Gasteiger partial charge in [0.1, 0.15) is 18.8 Å². The lowest BCUT2D eigenvalue weighted by atomic mass is 10.2. The van der Waals surface area contributed by atoms with Crippen LogP contribution in [0.25, 0.3) is 0 Å². The maximum absolute atomic E-state index is 13.5. The minimum Gasteiger partial charge on any atom is -0.369 e. The molecule has 0 saturated carbocycles. The zero-order valence-electron chi connectivity index (χ0n) is 18.8. The smallest absolute Gasteiger partial charge is 0.149 e. The molecule has 3 aromatic rings. The number of fused-ring (bicyclic) bond motifs is 5. The summed E-state index contributed by atoms with van der Waals surface area (Å²) in [4.78, 5) is 11.5. The van der Waals surface area contributed by atoms with Gasteiger partial charge in [-0.3, -0.25) is 10.4 Å². The van der Waals surface area contributed by atoms with E-state index in [-0.39, 0.29) is 0 Å². The molecule has 2 N–H and O–H groups in total. The van der Waals surface area contributed by atoms with Crippen molar-refractivity contribution in [1.82, 2.24) is 9.97 Å². The van der Waals surface area contributed by atoms with Crippen LogP contribution in [0.2, 0.25) is 5.02 Å². The van der Waals surface area contributed by atoms with Crippen LogP contribution in [0.15, 0.2) is 54.9 Å². The molecular weight excluding hydrogens is 455 g/mol. The van der Waals surface area contributed by atoms with Crippen LogP contribution >= 0.6 is 18.7 Å². The van der Waals surface area contributed by atoms with Gasteiger partial charge in [-0.05, 0) is 24.6 Å². The molecule has 9 heteroatoms. The third kappa shape index (κ3) is 4.16. The molecular formula is C24H28ClN6OP. The summed E-state index contributed by atoms with van der Waals surface area (Å²) in [5, 5.41) is 6.88. The van der Waals surface area contributed by atoms with E-state index in [4.69, 9.17) is 11.6 Å². The van der Waals surface area contributed by atoms with Crippen LogP contribution in [0.5, 0.6) is 0 Å². The second-order valence-corrected chi connectivity index (χ2v) is 12.4. The van der Waals surface area contributed by atoms with Crippen molar-refractivity contribution in [2.75, 3.05) is 46.1 Å². The summed E-state index contributed by atoms with van der Waals surface area (Å²) in [5.41, 5.74) is 6.19. The number of pyridine rings is 2. The number of para-hydroxylation sites is 1. The third-order valence-corrected chi connectivity index (χ3v) is 10.2. The molecule has 0 amide bonds. The van der Waals surface area contributed by atoms with Crippen molar-refractivity contribution >= 4 is 52.7 Å². The molecule has 0 spiro atoms. The van der Waals surface area contributed by atoms with Crippen LogP contribution in [0.1, 0.15) is 20.3 Å². The highest BCUT2D eigenvalue weighted by Crippen LogP contribution is 2.46. The van der Waals surface area contributed by atoms with E-state index in [9.17, 15) is 4.57 Å². The first-order chi connectivity index (χ1) is 16.0. The Balaban J connectivity index is 1.44. The average Bonchev–Trinajstić information content (AvgIpc) is 3.31. The molecule has 1 fully saturated rings. The van der Waals surface area contributed by atoms with Gasteiger partial charge in [-0.2, -0.15) is 0 Å². The summed E-state index contributed by atoms with van der Waals surface area (Å²) in [6.45, 7) is 5.93. The van der Waals surface area contributed by atoms with Crippen LogP contribution < -0.4 is 26.0 Å². The van der Waals surface area contributed by atoms with Gasteiger partial charge >= 0.3 is 0 Å². The standard InChI is InChI=1S/C24H28ClN6OP/c1-3-33(32,4-2)22-8-6-5-7-20(22)28-21-14-23(27-15-19(21)25)29-31-18-10-12-30(16-18)17-9-11-26-24(31)13-17/h5-9,11,13-15,18H,3-4,10,12,16H2,1-2H3,(H2,27,28,29). The van der Waals surface area contributed by atoms with Gasteiger partial charge in [0.2, 0.25) is 0 Å². The molecule has 1 aromatic carbocycles. The maximum Gasteiger partial charge on any atom is 0.149 e. The van der Waals surface area contributed by atoms with Gasteiger partial charge in [-0.15, -0.1) is 0 Å². The van der Waals surface area contributed by atoms with Crippen molar-refractivity contribution in [3.63, 3.8) is 0 Å². The Bertz CT molecular complexity index is 1210. The highest BCUT2D eigenvalue weighted by atomic mass is 35.5. The highest BCUT2D eigenvalue weighted by molar-refractivity contribution is 7.71. The quantitative estimate of drug-likeness (QED) is 0.441. The topological polar surface area (TPSA) is 73.4 Å². The molecule has 4 heterocycles. The molecule has 33 heavy (non-hydrogen) atoms. The number of nitrogens with zero attached hydrogens (tertiary/aromatic N) is 4. The maximum atomic E-state index is 13.5. The molecule has 2 aliphatic heterocycles. The second kappa shape index (κ2) is 8.88. The fourth-order valence-electron chi connectivity index (χ4n) is 4.62. The monoisotopic (exact) mass is 482 g/mol. The van der Waals surface area contributed by atoms with Crippen molar-refractivity contribution in [3.8, 4) is 0 Å². The first-order valence-electron chi connectivity index (χ1n) is 11.4.